The van der Waals surface area contributed by atoms with E-state index in [1.54, 1.807) is 0 Å². The molecule has 0 fully saturated rings. The number of anilines is 1. The van der Waals surface area contributed by atoms with E-state index >= 15 is 0 Å². The van der Waals surface area contributed by atoms with Crippen molar-refractivity contribution < 1.29 is 41.4 Å². The maximum absolute atomic E-state index is 14.7. The van der Waals surface area contributed by atoms with Crippen LogP contribution in [0, 0.1) is 5.82 Å². The third kappa shape index (κ3) is 6.27. The van der Waals surface area contributed by atoms with Crippen LogP contribution in [-0.4, -0.2) is 64.4 Å². The molecular weight excluding hydrogens is 545 g/mol. The van der Waals surface area contributed by atoms with E-state index in [4.69, 9.17) is 5.73 Å². The number of H-pyrrole nitrogens is 1. The van der Waals surface area contributed by atoms with Gasteiger partial charge in [-0.05, 0) is 35.9 Å². The summed E-state index contributed by atoms with van der Waals surface area (Å²) in [6.07, 6.45) is -5.67. The first kappa shape index (κ1) is 28.3. The summed E-state index contributed by atoms with van der Waals surface area (Å²) in [5.41, 5.74) is 3.90. The summed E-state index contributed by atoms with van der Waals surface area (Å²) in [6, 6.07) is 2.08. The minimum absolute atomic E-state index is 0.00209. The second-order valence-corrected chi connectivity index (χ2v) is 8.94. The number of aromatic nitrogens is 2. The fourth-order valence-electron chi connectivity index (χ4n) is 4.21. The number of carboxylic acid groups (broad SMARTS) is 1. The van der Waals surface area contributed by atoms with Crippen molar-refractivity contribution in [1.82, 2.24) is 20.8 Å². The number of amides is 2. The number of aliphatic carboxylic acids is 1. The van der Waals surface area contributed by atoms with Crippen LogP contribution < -0.4 is 21.7 Å². The van der Waals surface area contributed by atoms with Gasteiger partial charge in [0.1, 0.15) is 18.0 Å². The van der Waals surface area contributed by atoms with Gasteiger partial charge in [-0.25, -0.2) is 13.8 Å². The number of guanidine groups is 1. The zero-order valence-electron chi connectivity index (χ0n) is 20.4. The van der Waals surface area contributed by atoms with Crippen molar-refractivity contribution in [2.45, 2.75) is 30.7 Å². The lowest BCUT2D eigenvalue weighted by Crippen LogP contribution is -2.49. The van der Waals surface area contributed by atoms with E-state index in [-0.39, 0.29) is 24.6 Å². The molecule has 3 aromatic rings. The number of alkyl halides is 4. The molecule has 11 nitrogen and oxygen atoms in total. The van der Waals surface area contributed by atoms with Crippen LogP contribution in [0.3, 0.4) is 0 Å². The van der Waals surface area contributed by atoms with Gasteiger partial charge in [0, 0.05) is 16.9 Å². The van der Waals surface area contributed by atoms with Crippen LogP contribution in [0.15, 0.2) is 41.5 Å². The maximum Gasteiger partial charge on any atom is 0.416 e. The Balaban J connectivity index is 1.69. The second kappa shape index (κ2) is 11.2. The molecule has 4 rings (SSSR count). The van der Waals surface area contributed by atoms with Crippen LogP contribution in [0.25, 0.3) is 10.9 Å². The lowest BCUT2D eigenvalue weighted by molar-refractivity contribution is -0.138. The van der Waals surface area contributed by atoms with E-state index in [1.165, 1.54) is 18.3 Å². The van der Waals surface area contributed by atoms with Crippen molar-refractivity contribution >= 4 is 40.3 Å². The van der Waals surface area contributed by atoms with Crippen LogP contribution in [0.4, 0.5) is 27.6 Å². The predicted molar refractivity (Wildman–Crippen MR) is 132 cm³/mol. The van der Waals surface area contributed by atoms with Gasteiger partial charge in [0.25, 0.3) is 5.91 Å². The second-order valence-electron chi connectivity index (χ2n) is 8.94. The highest BCUT2D eigenvalue weighted by Gasteiger charge is 2.37. The topological polar surface area (TPSA) is 175 Å². The Hall–Kier alpha value is -4.76. The summed E-state index contributed by atoms with van der Waals surface area (Å²) in [7, 11) is 0. The van der Waals surface area contributed by atoms with E-state index in [1.807, 2.05) is 0 Å². The fourth-order valence-corrected chi connectivity index (χ4v) is 4.21. The van der Waals surface area contributed by atoms with Crippen LogP contribution in [0.1, 0.15) is 33.8 Å². The number of nitrogens with two attached hydrogens (primary N) is 1. The van der Waals surface area contributed by atoms with E-state index in [0.717, 1.165) is 0 Å². The normalized spacial score (nSPS) is 16.9. The van der Waals surface area contributed by atoms with Crippen molar-refractivity contribution in [2.75, 3.05) is 18.4 Å². The number of benzene rings is 2. The van der Waals surface area contributed by atoms with Gasteiger partial charge >= 0.3 is 12.1 Å². The number of rotatable bonds is 8. The lowest BCUT2D eigenvalue weighted by Gasteiger charge is -2.26. The smallest absolute Gasteiger partial charge is 0.416 e. The van der Waals surface area contributed by atoms with Crippen molar-refractivity contribution in [1.29, 1.82) is 0 Å². The van der Waals surface area contributed by atoms with Crippen LogP contribution in [0.5, 0.6) is 0 Å². The molecule has 0 bridgehead atoms. The van der Waals surface area contributed by atoms with Gasteiger partial charge in [-0.3, -0.25) is 19.5 Å². The Morgan fingerprint density at radius 2 is 1.95 bits per heavy atom. The Morgan fingerprint density at radius 1 is 1.20 bits per heavy atom. The number of primary amides is 1. The fraction of sp³-hybridized carbons (Fsp3) is 0.292. The highest BCUT2D eigenvalue weighted by Crippen LogP contribution is 2.34. The number of carboxylic acids is 1. The molecule has 1 aliphatic rings. The Morgan fingerprint density at radius 3 is 2.58 bits per heavy atom. The minimum Gasteiger partial charge on any atom is -0.481 e. The first-order chi connectivity index (χ1) is 18.8. The zero-order valence-corrected chi connectivity index (χ0v) is 20.4. The van der Waals surface area contributed by atoms with Gasteiger partial charge in [0.15, 0.2) is 5.96 Å². The van der Waals surface area contributed by atoms with Crippen molar-refractivity contribution in [3.05, 3.63) is 59.0 Å². The molecule has 3 atom stereocenters. The molecule has 40 heavy (non-hydrogen) atoms. The molecule has 7 N–H and O–H groups in total. The molecule has 0 saturated carbocycles. The number of hydrogen-bond acceptors (Lipinski definition) is 7. The van der Waals surface area contributed by atoms with E-state index in [0.29, 0.717) is 34.8 Å². The molecular formula is C24H22F5N7O4. The van der Waals surface area contributed by atoms with Crippen molar-refractivity contribution in [3.8, 4) is 0 Å². The number of aromatic amines is 1. The number of carbonyl (C=O) groups is 3. The zero-order chi connectivity index (χ0) is 29.2. The lowest BCUT2D eigenvalue weighted by atomic mass is 9.86. The van der Waals surface area contributed by atoms with Crippen molar-refractivity contribution in [2.24, 2.45) is 10.7 Å². The Kier molecular flexibility index (Phi) is 7.88. The SMILES string of the molecule is NC(=O)C(NC(=O)c1cc(NC2=NCC(F)CN2)c2cn[nH]c2c1)[C@@H](CC(=O)O)c1cc(C(F)(F)F)ccc1F. The van der Waals surface area contributed by atoms with Crippen molar-refractivity contribution in [3.63, 3.8) is 0 Å². The number of nitrogens with one attached hydrogen (secondary N) is 4. The summed E-state index contributed by atoms with van der Waals surface area (Å²) >= 11 is 0. The maximum atomic E-state index is 14.7. The molecule has 2 aromatic carbocycles. The highest BCUT2D eigenvalue weighted by molar-refractivity contribution is 6.07. The third-order valence-corrected chi connectivity index (χ3v) is 6.13. The quantitative estimate of drug-likeness (QED) is 0.226. The summed E-state index contributed by atoms with van der Waals surface area (Å²) in [6.45, 7) is -0.0979. The molecule has 0 spiro atoms. The standard InChI is InChI=1S/C24H22F5N7O4/c25-12-7-31-23(32-8-12)34-17-3-10(4-18-15(17)9-33-36-18)22(40)35-20(21(30)39)14(6-19(37)38)13-5-11(24(27,28)29)1-2-16(13)26/h1-5,9,12,14,20H,6-8H2,(H2,30,39)(H,33,36)(H,35,40)(H,37,38)(H2,31,32,34)/t14-,20?/m0/s1. The predicted octanol–water partition coefficient (Wildman–Crippen LogP) is 2.27. The molecule has 0 aliphatic carbocycles. The van der Waals surface area contributed by atoms with E-state index in [9.17, 15) is 41.4 Å². The van der Waals surface area contributed by atoms with Crippen LogP contribution in [0.2, 0.25) is 0 Å². The van der Waals surface area contributed by atoms with Gasteiger partial charge in [-0.2, -0.15) is 18.3 Å². The molecule has 2 amide bonds. The number of aliphatic imine (C=N–C) groups is 1. The molecule has 0 radical (unpaired) electrons. The molecule has 1 aromatic heterocycles. The molecule has 2 unspecified atom stereocenters. The molecule has 212 valence electrons. The molecule has 16 heteroatoms. The first-order valence-electron chi connectivity index (χ1n) is 11.7. The third-order valence-electron chi connectivity index (χ3n) is 6.13. The van der Waals surface area contributed by atoms with Gasteiger partial charge < -0.3 is 26.8 Å². The monoisotopic (exact) mass is 567 g/mol. The average molecular weight is 567 g/mol. The average Bonchev–Trinajstić information content (AvgIpc) is 3.36. The van der Waals surface area contributed by atoms with E-state index < -0.39 is 65.5 Å². The first-order valence-corrected chi connectivity index (χ1v) is 11.7. The number of fused-ring (bicyclic) bond motifs is 1. The minimum atomic E-state index is -4.90. The molecule has 2 heterocycles. The van der Waals surface area contributed by atoms with Gasteiger partial charge in [-0.1, -0.05) is 0 Å². The largest absolute Gasteiger partial charge is 0.481 e. The summed E-state index contributed by atoms with van der Waals surface area (Å²) < 4.78 is 68.0. The summed E-state index contributed by atoms with van der Waals surface area (Å²) in [5, 5.41) is 24.3. The summed E-state index contributed by atoms with van der Waals surface area (Å²) in [4.78, 5) is 41.2. The number of nitrogens with zero attached hydrogens (tertiary/aromatic N) is 2. The number of carbonyl (C=O) groups excluding carboxylic acids is 2. The number of halogens is 5. The van der Waals surface area contributed by atoms with Gasteiger partial charge in [0.2, 0.25) is 5.91 Å². The number of hydrogen-bond donors (Lipinski definition) is 6. The summed E-state index contributed by atoms with van der Waals surface area (Å²) in [5.74, 6) is -6.66. The van der Waals surface area contributed by atoms with Gasteiger partial charge in [-0.15, -0.1) is 0 Å². The van der Waals surface area contributed by atoms with E-state index in [2.05, 4.69) is 31.1 Å². The Labute approximate surface area is 222 Å². The highest BCUT2D eigenvalue weighted by atomic mass is 19.4. The van der Waals surface area contributed by atoms with Crippen LogP contribution in [-0.2, 0) is 15.8 Å². The van der Waals surface area contributed by atoms with Gasteiger partial charge in [0.05, 0.1) is 42.5 Å². The Bertz CT molecular complexity index is 1490. The molecule has 1 aliphatic heterocycles. The van der Waals surface area contributed by atoms with Crippen LogP contribution >= 0.6 is 0 Å². The molecule has 0 saturated heterocycles.